The van der Waals surface area contributed by atoms with E-state index in [1.807, 2.05) is 60.8 Å². The van der Waals surface area contributed by atoms with Gasteiger partial charge in [-0.2, -0.15) is 0 Å². The first-order valence-electron chi connectivity index (χ1n) is 7.86. The number of thiophene rings is 1. The van der Waals surface area contributed by atoms with Crippen LogP contribution in [0.25, 0.3) is 0 Å². The molecule has 0 radical (unpaired) electrons. The van der Waals surface area contributed by atoms with Gasteiger partial charge >= 0.3 is 0 Å². The minimum atomic E-state index is -0.139. The minimum Gasteiger partial charge on any atom is -0.497 e. The lowest BCUT2D eigenvalue weighted by atomic mass is 10.2. The third-order valence-corrected chi connectivity index (χ3v) is 4.58. The molecule has 5 heteroatoms. The second-order valence-corrected chi connectivity index (χ2v) is 6.52. The average Bonchev–Trinajstić information content (AvgIpc) is 3.09. The van der Waals surface area contributed by atoms with Crippen LogP contribution in [0.15, 0.2) is 60.0 Å². The number of hydrogen-bond donors (Lipinski definition) is 1. The minimum absolute atomic E-state index is 0.139. The second-order valence-electron chi connectivity index (χ2n) is 5.61. The van der Waals surface area contributed by atoms with Gasteiger partial charge in [0.2, 0.25) is 0 Å². The maximum Gasteiger partial charge on any atom is 0.265 e. The quantitative estimate of drug-likeness (QED) is 0.686. The summed E-state index contributed by atoms with van der Waals surface area (Å²) in [5, 5.41) is 4.82. The maximum atomic E-state index is 12.4. The van der Waals surface area contributed by atoms with Gasteiger partial charge in [0.1, 0.15) is 18.1 Å². The van der Waals surface area contributed by atoms with Crippen LogP contribution >= 0.6 is 11.3 Å². The molecular weight excluding hydrogens is 334 g/mol. The molecule has 0 aliphatic rings. The smallest absolute Gasteiger partial charge is 0.265 e. The summed E-state index contributed by atoms with van der Waals surface area (Å²) in [6.45, 7) is 2.46. The van der Waals surface area contributed by atoms with Crippen LogP contribution in [0.5, 0.6) is 11.5 Å². The zero-order valence-electron chi connectivity index (χ0n) is 14.1. The molecule has 3 aromatic rings. The first-order chi connectivity index (χ1) is 12.1. The first-order valence-corrected chi connectivity index (χ1v) is 8.74. The van der Waals surface area contributed by atoms with Gasteiger partial charge in [-0.3, -0.25) is 4.79 Å². The van der Waals surface area contributed by atoms with Crippen molar-refractivity contribution in [3.63, 3.8) is 0 Å². The van der Waals surface area contributed by atoms with Crippen LogP contribution in [0.2, 0.25) is 0 Å². The molecule has 0 spiro atoms. The van der Waals surface area contributed by atoms with Gasteiger partial charge in [-0.05, 0) is 48.2 Å². The zero-order chi connectivity index (χ0) is 17.6. The summed E-state index contributed by atoms with van der Waals surface area (Å²) in [6.07, 6.45) is 0. The number of benzene rings is 2. The Hall–Kier alpha value is -2.79. The van der Waals surface area contributed by atoms with Gasteiger partial charge in [0.05, 0.1) is 12.0 Å². The topological polar surface area (TPSA) is 47.6 Å². The van der Waals surface area contributed by atoms with Crippen LogP contribution in [0.4, 0.5) is 5.69 Å². The predicted molar refractivity (Wildman–Crippen MR) is 101 cm³/mol. The molecule has 1 amide bonds. The highest BCUT2D eigenvalue weighted by molar-refractivity contribution is 7.12. The Balaban J connectivity index is 1.61. The van der Waals surface area contributed by atoms with Gasteiger partial charge in [0.25, 0.3) is 5.91 Å². The number of aryl methyl sites for hydroxylation is 1. The van der Waals surface area contributed by atoms with Gasteiger partial charge in [0, 0.05) is 17.3 Å². The summed E-state index contributed by atoms with van der Waals surface area (Å²) in [5.41, 5.74) is 2.83. The summed E-state index contributed by atoms with van der Waals surface area (Å²) in [4.78, 5) is 13.0. The lowest BCUT2D eigenvalue weighted by molar-refractivity contribution is 0.103. The molecule has 1 heterocycles. The molecular formula is C20H19NO3S. The molecule has 128 valence electrons. The Morgan fingerprint density at radius 2 is 1.88 bits per heavy atom. The number of amides is 1. The Labute approximate surface area is 151 Å². The van der Waals surface area contributed by atoms with Crippen LogP contribution in [-0.2, 0) is 6.61 Å². The van der Waals surface area contributed by atoms with Gasteiger partial charge in [-0.1, -0.05) is 18.2 Å². The Morgan fingerprint density at radius 1 is 1.08 bits per heavy atom. The Kier molecular flexibility index (Phi) is 5.36. The highest BCUT2D eigenvalue weighted by Gasteiger charge is 2.10. The fourth-order valence-electron chi connectivity index (χ4n) is 2.34. The van der Waals surface area contributed by atoms with E-state index in [0.29, 0.717) is 22.9 Å². The molecule has 0 bridgehead atoms. The van der Waals surface area contributed by atoms with E-state index < -0.39 is 0 Å². The molecule has 0 saturated carbocycles. The van der Waals surface area contributed by atoms with E-state index in [9.17, 15) is 4.79 Å². The van der Waals surface area contributed by atoms with E-state index >= 15 is 0 Å². The zero-order valence-corrected chi connectivity index (χ0v) is 14.9. The third kappa shape index (κ3) is 4.61. The van der Waals surface area contributed by atoms with Crippen molar-refractivity contribution in [1.29, 1.82) is 0 Å². The molecule has 25 heavy (non-hydrogen) atoms. The lowest BCUT2D eigenvalue weighted by Crippen LogP contribution is -2.10. The molecule has 1 N–H and O–H groups in total. The van der Waals surface area contributed by atoms with E-state index in [1.165, 1.54) is 11.3 Å². The number of methoxy groups -OCH3 is 1. The fraction of sp³-hybridized carbons (Fsp3) is 0.150. The molecule has 0 aliphatic carbocycles. The molecule has 0 aliphatic heterocycles. The van der Waals surface area contributed by atoms with Crippen molar-refractivity contribution in [2.75, 3.05) is 12.4 Å². The second kappa shape index (κ2) is 7.85. The number of hydrogen-bond acceptors (Lipinski definition) is 4. The standard InChI is InChI=1S/C20H19NO3S/c1-14-5-3-8-18(9-14)24-12-15-10-19(25-13-15)20(22)21-16-6-4-7-17(11-16)23-2/h3-11,13H,12H2,1-2H3,(H,21,22). The van der Waals surface area contributed by atoms with E-state index in [0.717, 1.165) is 16.9 Å². The molecule has 4 nitrogen and oxygen atoms in total. The highest BCUT2D eigenvalue weighted by atomic mass is 32.1. The number of carbonyl (C=O) groups is 1. The van der Waals surface area contributed by atoms with Crippen LogP contribution in [-0.4, -0.2) is 13.0 Å². The first kappa shape index (κ1) is 17.0. The van der Waals surface area contributed by atoms with Crippen molar-refractivity contribution in [2.24, 2.45) is 0 Å². The molecule has 3 rings (SSSR count). The maximum absolute atomic E-state index is 12.4. The van der Waals surface area contributed by atoms with Crippen molar-refractivity contribution >= 4 is 22.9 Å². The van der Waals surface area contributed by atoms with Crippen molar-refractivity contribution in [3.05, 3.63) is 76.0 Å². The van der Waals surface area contributed by atoms with E-state index in [1.54, 1.807) is 13.2 Å². The predicted octanol–water partition coefficient (Wildman–Crippen LogP) is 4.90. The number of ether oxygens (including phenoxy) is 2. The average molecular weight is 353 g/mol. The highest BCUT2D eigenvalue weighted by Crippen LogP contribution is 2.21. The molecule has 2 aromatic carbocycles. The summed E-state index contributed by atoms with van der Waals surface area (Å²) >= 11 is 1.40. The monoisotopic (exact) mass is 353 g/mol. The summed E-state index contributed by atoms with van der Waals surface area (Å²) in [7, 11) is 1.60. The van der Waals surface area contributed by atoms with Gasteiger partial charge in [0.15, 0.2) is 0 Å². The summed E-state index contributed by atoms with van der Waals surface area (Å²) in [6, 6.07) is 17.0. The van der Waals surface area contributed by atoms with Crippen LogP contribution in [0.1, 0.15) is 20.8 Å². The summed E-state index contributed by atoms with van der Waals surface area (Å²) < 4.78 is 10.9. The van der Waals surface area contributed by atoms with Crippen molar-refractivity contribution in [1.82, 2.24) is 0 Å². The Morgan fingerprint density at radius 3 is 2.68 bits per heavy atom. The van der Waals surface area contributed by atoms with E-state index in [4.69, 9.17) is 9.47 Å². The largest absolute Gasteiger partial charge is 0.497 e. The van der Waals surface area contributed by atoms with E-state index in [-0.39, 0.29) is 5.91 Å². The summed E-state index contributed by atoms with van der Waals surface area (Å²) in [5.74, 6) is 1.39. The SMILES string of the molecule is COc1cccc(NC(=O)c2cc(COc3cccc(C)c3)cs2)c1. The van der Waals surface area contributed by atoms with Gasteiger partial charge < -0.3 is 14.8 Å². The normalized spacial score (nSPS) is 10.3. The third-order valence-electron chi connectivity index (χ3n) is 3.60. The molecule has 0 atom stereocenters. The van der Waals surface area contributed by atoms with E-state index in [2.05, 4.69) is 5.32 Å². The van der Waals surface area contributed by atoms with Gasteiger partial charge in [-0.25, -0.2) is 0 Å². The van der Waals surface area contributed by atoms with Crippen LogP contribution in [0, 0.1) is 6.92 Å². The van der Waals surface area contributed by atoms with Crippen LogP contribution in [0.3, 0.4) is 0 Å². The van der Waals surface area contributed by atoms with Crippen molar-refractivity contribution < 1.29 is 14.3 Å². The Bertz CT molecular complexity index is 873. The molecule has 0 unspecified atom stereocenters. The van der Waals surface area contributed by atoms with Gasteiger partial charge in [-0.15, -0.1) is 11.3 Å². The number of carbonyl (C=O) groups excluding carboxylic acids is 1. The van der Waals surface area contributed by atoms with Crippen molar-refractivity contribution in [3.8, 4) is 11.5 Å². The fourth-order valence-corrected chi connectivity index (χ4v) is 3.13. The molecule has 0 saturated heterocycles. The van der Waals surface area contributed by atoms with Crippen LogP contribution < -0.4 is 14.8 Å². The number of rotatable bonds is 6. The molecule has 1 aromatic heterocycles. The molecule has 0 fully saturated rings. The number of nitrogens with one attached hydrogen (secondary N) is 1. The number of anilines is 1. The van der Waals surface area contributed by atoms with Crippen molar-refractivity contribution in [2.45, 2.75) is 13.5 Å². The lowest BCUT2D eigenvalue weighted by Gasteiger charge is -2.06.